The van der Waals surface area contributed by atoms with Crippen LogP contribution in [0.15, 0.2) is 30.6 Å². The van der Waals surface area contributed by atoms with E-state index in [2.05, 4.69) is 20.6 Å². The number of aromatic nitrogens is 2. The van der Waals surface area contributed by atoms with Crippen molar-refractivity contribution in [1.29, 1.82) is 0 Å². The zero-order valence-electron chi connectivity index (χ0n) is 9.95. The molecule has 2 N–H and O–H groups in total. The Labute approximate surface area is 113 Å². The van der Waals surface area contributed by atoms with Gasteiger partial charge in [-0.15, -0.1) is 0 Å². The van der Waals surface area contributed by atoms with Crippen LogP contribution in [0.2, 0.25) is 5.02 Å². The highest BCUT2D eigenvalue weighted by Gasteiger charge is 2.11. The molecule has 0 saturated heterocycles. The Morgan fingerprint density at radius 2 is 2.11 bits per heavy atom. The Kier molecular flexibility index (Phi) is 3.91. The maximum Gasteiger partial charge on any atom is 0.275 e. The molecule has 0 atom stereocenters. The summed E-state index contributed by atoms with van der Waals surface area (Å²) in [4.78, 5) is 19.7. The van der Waals surface area contributed by atoms with Crippen LogP contribution in [0.25, 0.3) is 0 Å². The average molecular weight is 281 g/mol. The predicted octanol–water partition coefficient (Wildman–Crippen LogP) is 2.56. The minimum atomic E-state index is -0.611. The van der Waals surface area contributed by atoms with Gasteiger partial charge < -0.3 is 10.6 Å². The number of rotatable bonds is 3. The highest BCUT2D eigenvalue weighted by Crippen LogP contribution is 2.19. The maximum atomic E-state index is 13.5. The van der Waals surface area contributed by atoms with Gasteiger partial charge in [0, 0.05) is 12.1 Å². The molecule has 2 rings (SSSR count). The second kappa shape index (κ2) is 5.62. The molecule has 0 aliphatic carbocycles. The lowest BCUT2D eigenvalue weighted by Crippen LogP contribution is -2.15. The van der Waals surface area contributed by atoms with Crippen molar-refractivity contribution in [1.82, 2.24) is 9.97 Å². The molecule has 1 heterocycles. The second-order valence-electron chi connectivity index (χ2n) is 3.62. The number of anilines is 2. The quantitative estimate of drug-likeness (QED) is 0.907. The normalized spacial score (nSPS) is 10.1. The first-order valence-corrected chi connectivity index (χ1v) is 5.74. The highest BCUT2D eigenvalue weighted by atomic mass is 35.5. The smallest absolute Gasteiger partial charge is 0.275 e. The molecule has 0 fully saturated rings. The van der Waals surface area contributed by atoms with Crippen molar-refractivity contribution in [2.24, 2.45) is 0 Å². The SMILES string of the molecule is CNc1cnc(C(=O)Nc2ccc(Cl)cc2F)cn1. The van der Waals surface area contributed by atoms with E-state index in [4.69, 9.17) is 11.6 Å². The Bertz CT molecular complexity index is 603. The van der Waals surface area contributed by atoms with Gasteiger partial charge in [-0.05, 0) is 18.2 Å². The fourth-order valence-corrected chi connectivity index (χ4v) is 1.51. The Hall–Kier alpha value is -2.21. The predicted molar refractivity (Wildman–Crippen MR) is 70.9 cm³/mol. The minimum absolute atomic E-state index is 0.0360. The first-order chi connectivity index (χ1) is 9.10. The van der Waals surface area contributed by atoms with Crippen molar-refractivity contribution in [2.75, 3.05) is 17.7 Å². The molecule has 0 saturated carbocycles. The van der Waals surface area contributed by atoms with E-state index in [1.165, 1.54) is 24.5 Å². The van der Waals surface area contributed by atoms with Crippen molar-refractivity contribution in [2.45, 2.75) is 0 Å². The van der Waals surface area contributed by atoms with Gasteiger partial charge in [0.05, 0.1) is 18.1 Å². The van der Waals surface area contributed by atoms with Crippen LogP contribution in [0.5, 0.6) is 0 Å². The lowest BCUT2D eigenvalue weighted by Gasteiger charge is -2.06. The molecule has 1 amide bonds. The van der Waals surface area contributed by atoms with Crippen LogP contribution < -0.4 is 10.6 Å². The first kappa shape index (κ1) is 13.2. The molecule has 0 unspecified atom stereocenters. The summed E-state index contributed by atoms with van der Waals surface area (Å²) in [6.07, 6.45) is 2.71. The van der Waals surface area contributed by atoms with Crippen molar-refractivity contribution < 1.29 is 9.18 Å². The molecule has 0 radical (unpaired) electrons. The molecule has 0 aliphatic rings. The lowest BCUT2D eigenvalue weighted by molar-refractivity contribution is 0.102. The fourth-order valence-electron chi connectivity index (χ4n) is 1.35. The van der Waals surface area contributed by atoms with Crippen LogP contribution in [0, 0.1) is 5.82 Å². The van der Waals surface area contributed by atoms with Crippen LogP contribution in [-0.4, -0.2) is 22.9 Å². The number of benzene rings is 1. The summed E-state index contributed by atoms with van der Waals surface area (Å²) in [5.41, 5.74) is 0.127. The van der Waals surface area contributed by atoms with Gasteiger partial charge in [-0.25, -0.2) is 14.4 Å². The minimum Gasteiger partial charge on any atom is -0.372 e. The van der Waals surface area contributed by atoms with Gasteiger partial charge in [-0.1, -0.05) is 11.6 Å². The van der Waals surface area contributed by atoms with E-state index in [0.717, 1.165) is 6.07 Å². The van der Waals surface area contributed by atoms with Gasteiger partial charge in [0.15, 0.2) is 0 Å². The zero-order valence-corrected chi connectivity index (χ0v) is 10.7. The van der Waals surface area contributed by atoms with E-state index >= 15 is 0 Å². The number of hydrogen-bond donors (Lipinski definition) is 2. The Morgan fingerprint density at radius 3 is 2.68 bits per heavy atom. The molecule has 98 valence electrons. The molecule has 0 spiro atoms. The number of halogens is 2. The third kappa shape index (κ3) is 3.17. The molecular weight excluding hydrogens is 271 g/mol. The molecule has 2 aromatic rings. The van der Waals surface area contributed by atoms with Gasteiger partial charge in [-0.2, -0.15) is 0 Å². The van der Waals surface area contributed by atoms with Gasteiger partial charge in [0.1, 0.15) is 17.3 Å². The number of carbonyl (C=O) groups excluding carboxylic acids is 1. The summed E-state index contributed by atoms with van der Waals surface area (Å²) in [5.74, 6) is -0.619. The van der Waals surface area contributed by atoms with E-state index < -0.39 is 11.7 Å². The summed E-state index contributed by atoms with van der Waals surface area (Å²) < 4.78 is 13.5. The second-order valence-corrected chi connectivity index (χ2v) is 4.05. The van der Waals surface area contributed by atoms with Gasteiger partial charge >= 0.3 is 0 Å². The molecule has 1 aromatic heterocycles. The van der Waals surface area contributed by atoms with E-state index in [9.17, 15) is 9.18 Å². The molecule has 0 aliphatic heterocycles. The van der Waals surface area contributed by atoms with Crippen LogP contribution in [0.1, 0.15) is 10.5 Å². The van der Waals surface area contributed by atoms with Crippen molar-refractivity contribution in [3.63, 3.8) is 0 Å². The first-order valence-electron chi connectivity index (χ1n) is 5.36. The monoisotopic (exact) mass is 280 g/mol. The van der Waals surface area contributed by atoms with Crippen molar-refractivity contribution >= 4 is 29.0 Å². The summed E-state index contributed by atoms with van der Waals surface area (Å²) >= 11 is 5.62. The molecule has 7 heteroatoms. The van der Waals surface area contributed by atoms with E-state index in [0.29, 0.717) is 5.82 Å². The third-order valence-electron chi connectivity index (χ3n) is 2.32. The third-order valence-corrected chi connectivity index (χ3v) is 2.56. The number of hydrogen-bond acceptors (Lipinski definition) is 4. The number of amides is 1. The van der Waals surface area contributed by atoms with Crippen molar-refractivity contribution in [3.05, 3.63) is 47.1 Å². The molecule has 0 bridgehead atoms. The van der Waals surface area contributed by atoms with Gasteiger partial charge in [0.2, 0.25) is 0 Å². The van der Waals surface area contributed by atoms with Crippen molar-refractivity contribution in [3.8, 4) is 0 Å². The number of carbonyl (C=O) groups is 1. The van der Waals surface area contributed by atoms with Crippen LogP contribution >= 0.6 is 11.6 Å². The van der Waals surface area contributed by atoms with Crippen LogP contribution in [-0.2, 0) is 0 Å². The fraction of sp³-hybridized carbons (Fsp3) is 0.0833. The van der Waals surface area contributed by atoms with Crippen LogP contribution in [0.3, 0.4) is 0 Å². The van der Waals surface area contributed by atoms with Gasteiger partial charge in [0.25, 0.3) is 5.91 Å². The summed E-state index contributed by atoms with van der Waals surface area (Å²) in [6.45, 7) is 0. The standard InChI is InChI=1S/C12H10ClFN4O/c1-15-11-6-16-10(5-17-11)12(19)18-9-3-2-7(13)4-8(9)14/h2-6H,1H3,(H,15,17)(H,18,19). The molecule has 1 aromatic carbocycles. The van der Waals surface area contributed by atoms with Crippen LogP contribution in [0.4, 0.5) is 15.9 Å². The maximum absolute atomic E-state index is 13.5. The largest absolute Gasteiger partial charge is 0.372 e. The van der Waals surface area contributed by atoms with E-state index in [1.54, 1.807) is 7.05 Å². The highest BCUT2D eigenvalue weighted by molar-refractivity contribution is 6.30. The average Bonchev–Trinajstić information content (AvgIpc) is 2.42. The van der Waals surface area contributed by atoms with E-state index in [-0.39, 0.29) is 16.4 Å². The Morgan fingerprint density at radius 1 is 1.32 bits per heavy atom. The molecule has 5 nitrogen and oxygen atoms in total. The summed E-state index contributed by atoms with van der Waals surface area (Å²) in [6, 6.07) is 3.98. The zero-order chi connectivity index (χ0) is 13.8. The summed E-state index contributed by atoms with van der Waals surface area (Å²) in [7, 11) is 1.69. The molecule has 19 heavy (non-hydrogen) atoms. The lowest BCUT2D eigenvalue weighted by atomic mass is 10.3. The molecular formula is C12H10ClFN4O. The van der Waals surface area contributed by atoms with Gasteiger partial charge in [-0.3, -0.25) is 4.79 Å². The van der Waals surface area contributed by atoms with E-state index in [1.807, 2.05) is 0 Å². The summed E-state index contributed by atoms with van der Waals surface area (Å²) in [5, 5.41) is 5.43. The Balaban J connectivity index is 2.15. The number of nitrogens with zero attached hydrogens (tertiary/aromatic N) is 2. The number of nitrogens with one attached hydrogen (secondary N) is 2. The topological polar surface area (TPSA) is 66.9 Å².